The quantitative estimate of drug-likeness (QED) is 0.816. The molecule has 6 nitrogen and oxygen atoms in total. The van der Waals surface area contributed by atoms with Gasteiger partial charge in [-0.15, -0.1) is 0 Å². The van der Waals surface area contributed by atoms with E-state index in [0.29, 0.717) is 18.9 Å². The van der Waals surface area contributed by atoms with E-state index in [4.69, 9.17) is 15.2 Å². The van der Waals surface area contributed by atoms with Crippen molar-refractivity contribution < 1.29 is 14.3 Å². The molecule has 0 aliphatic heterocycles. The third-order valence-corrected chi connectivity index (χ3v) is 2.70. The molecular weight excluding hydrogens is 270 g/mol. The number of aromatic nitrogens is 2. The molecule has 0 aliphatic carbocycles. The van der Waals surface area contributed by atoms with Crippen molar-refractivity contribution in [2.24, 2.45) is 0 Å². The minimum atomic E-state index is -0.512. The maximum Gasteiger partial charge on any atom is 0.343 e. The van der Waals surface area contributed by atoms with Crippen LogP contribution in [0.5, 0.6) is 5.75 Å². The first kappa shape index (κ1) is 14.8. The van der Waals surface area contributed by atoms with E-state index in [-0.39, 0.29) is 18.0 Å². The van der Waals surface area contributed by atoms with Gasteiger partial charge < -0.3 is 15.2 Å². The second-order valence-electron chi connectivity index (χ2n) is 4.22. The zero-order chi connectivity index (χ0) is 15.1. The van der Waals surface area contributed by atoms with Crippen LogP contribution in [0.4, 0.5) is 5.82 Å². The van der Waals surface area contributed by atoms with E-state index in [2.05, 4.69) is 9.97 Å². The zero-order valence-corrected chi connectivity index (χ0v) is 11.8. The number of benzene rings is 1. The van der Waals surface area contributed by atoms with Crippen LogP contribution < -0.4 is 10.5 Å². The molecular formula is C15H17N3O3. The molecule has 2 rings (SSSR count). The van der Waals surface area contributed by atoms with E-state index in [1.807, 2.05) is 30.3 Å². The van der Waals surface area contributed by atoms with Gasteiger partial charge in [0.25, 0.3) is 0 Å². The summed E-state index contributed by atoms with van der Waals surface area (Å²) in [6, 6.07) is 9.47. The third kappa shape index (κ3) is 4.17. The van der Waals surface area contributed by atoms with Gasteiger partial charge in [0.05, 0.1) is 13.2 Å². The van der Waals surface area contributed by atoms with Crippen molar-refractivity contribution in [3.63, 3.8) is 0 Å². The summed E-state index contributed by atoms with van der Waals surface area (Å²) in [4.78, 5) is 19.8. The monoisotopic (exact) mass is 287 g/mol. The van der Waals surface area contributed by atoms with E-state index in [1.165, 1.54) is 6.20 Å². The lowest BCUT2D eigenvalue weighted by Gasteiger charge is -2.07. The number of rotatable bonds is 6. The third-order valence-electron chi connectivity index (χ3n) is 2.70. The molecule has 0 radical (unpaired) electrons. The topological polar surface area (TPSA) is 87.3 Å². The van der Waals surface area contributed by atoms with E-state index in [0.717, 1.165) is 5.75 Å². The van der Waals surface area contributed by atoms with Crippen LogP contribution in [0.25, 0.3) is 0 Å². The number of para-hydroxylation sites is 1. The Morgan fingerprint density at radius 1 is 1.29 bits per heavy atom. The SMILES string of the molecule is CCOC(=O)c1cnc(CCOc2ccccc2)nc1N. The van der Waals surface area contributed by atoms with Crippen molar-refractivity contribution in [3.05, 3.63) is 47.9 Å². The number of ether oxygens (including phenoxy) is 2. The molecule has 110 valence electrons. The van der Waals surface area contributed by atoms with Crippen LogP contribution in [0.1, 0.15) is 23.1 Å². The van der Waals surface area contributed by atoms with Gasteiger partial charge in [0.2, 0.25) is 0 Å². The molecule has 0 saturated heterocycles. The molecule has 1 aromatic carbocycles. The van der Waals surface area contributed by atoms with Gasteiger partial charge in [0, 0.05) is 12.6 Å². The van der Waals surface area contributed by atoms with Crippen molar-refractivity contribution in [1.82, 2.24) is 9.97 Å². The first-order chi connectivity index (χ1) is 10.2. The Balaban J connectivity index is 1.93. The molecule has 21 heavy (non-hydrogen) atoms. The number of carbonyl (C=O) groups is 1. The van der Waals surface area contributed by atoms with Crippen molar-refractivity contribution >= 4 is 11.8 Å². The normalized spacial score (nSPS) is 10.1. The minimum absolute atomic E-state index is 0.123. The van der Waals surface area contributed by atoms with Crippen molar-refractivity contribution in [1.29, 1.82) is 0 Å². The standard InChI is InChI=1S/C15H17N3O3/c1-2-20-15(19)12-10-17-13(18-14(12)16)8-9-21-11-6-4-3-5-7-11/h3-7,10H,2,8-9H2,1H3,(H2,16,17,18). The molecule has 1 heterocycles. The summed E-state index contributed by atoms with van der Waals surface area (Å²) in [5.41, 5.74) is 5.93. The molecule has 2 N–H and O–H groups in total. The average Bonchev–Trinajstić information content (AvgIpc) is 2.48. The van der Waals surface area contributed by atoms with Crippen molar-refractivity contribution in [3.8, 4) is 5.75 Å². The Kier molecular flexibility index (Phi) is 5.09. The zero-order valence-electron chi connectivity index (χ0n) is 11.8. The molecule has 0 unspecified atom stereocenters. The Labute approximate surface area is 122 Å². The summed E-state index contributed by atoms with van der Waals surface area (Å²) >= 11 is 0. The van der Waals surface area contributed by atoms with Gasteiger partial charge in [-0.05, 0) is 19.1 Å². The van der Waals surface area contributed by atoms with E-state index in [1.54, 1.807) is 6.92 Å². The van der Waals surface area contributed by atoms with E-state index in [9.17, 15) is 4.79 Å². The summed E-state index contributed by atoms with van der Waals surface area (Å²) in [7, 11) is 0. The summed E-state index contributed by atoms with van der Waals surface area (Å²) in [5.74, 6) is 0.922. The van der Waals surface area contributed by atoms with Gasteiger partial charge >= 0.3 is 5.97 Å². The van der Waals surface area contributed by atoms with Crippen LogP contribution in [0.15, 0.2) is 36.5 Å². The Hall–Kier alpha value is -2.63. The van der Waals surface area contributed by atoms with Crippen molar-refractivity contribution in [2.75, 3.05) is 18.9 Å². The molecule has 6 heteroatoms. The van der Waals surface area contributed by atoms with Crippen LogP contribution in [0, 0.1) is 0 Å². The lowest BCUT2D eigenvalue weighted by Crippen LogP contribution is -2.13. The Morgan fingerprint density at radius 3 is 2.71 bits per heavy atom. The highest BCUT2D eigenvalue weighted by molar-refractivity contribution is 5.93. The molecule has 0 saturated carbocycles. The van der Waals surface area contributed by atoms with Crippen LogP contribution in [-0.2, 0) is 11.2 Å². The van der Waals surface area contributed by atoms with Gasteiger partial charge in [-0.3, -0.25) is 0 Å². The molecule has 0 fully saturated rings. The van der Waals surface area contributed by atoms with Crippen LogP contribution in [-0.4, -0.2) is 29.2 Å². The maximum atomic E-state index is 11.6. The molecule has 0 amide bonds. The van der Waals surface area contributed by atoms with Gasteiger partial charge in [0.15, 0.2) is 0 Å². The molecule has 2 aromatic rings. The fraction of sp³-hybridized carbons (Fsp3) is 0.267. The summed E-state index contributed by atoms with van der Waals surface area (Å²) in [5, 5.41) is 0. The Morgan fingerprint density at radius 2 is 2.05 bits per heavy atom. The number of nitrogens with two attached hydrogens (primary N) is 1. The number of nitrogens with zero attached hydrogens (tertiary/aromatic N) is 2. The number of hydrogen-bond acceptors (Lipinski definition) is 6. The summed E-state index contributed by atoms with van der Waals surface area (Å²) < 4.78 is 10.4. The maximum absolute atomic E-state index is 11.6. The molecule has 0 spiro atoms. The first-order valence-corrected chi connectivity index (χ1v) is 6.67. The van der Waals surface area contributed by atoms with Gasteiger partial charge in [-0.1, -0.05) is 18.2 Å². The number of hydrogen-bond donors (Lipinski definition) is 1. The fourth-order valence-electron chi connectivity index (χ4n) is 1.70. The predicted molar refractivity (Wildman–Crippen MR) is 78.0 cm³/mol. The van der Waals surface area contributed by atoms with E-state index < -0.39 is 5.97 Å². The summed E-state index contributed by atoms with van der Waals surface area (Å²) in [6.45, 7) is 2.44. The lowest BCUT2D eigenvalue weighted by atomic mass is 10.3. The highest BCUT2D eigenvalue weighted by Gasteiger charge is 2.13. The fourth-order valence-corrected chi connectivity index (χ4v) is 1.70. The number of anilines is 1. The second-order valence-corrected chi connectivity index (χ2v) is 4.22. The average molecular weight is 287 g/mol. The molecule has 0 bridgehead atoms. The molecule has 0 atom stereocenters. The van der Waals surface area contributed by atoms with Crippen LogP contribution in [0.2, 0.25) is 0 Å². The van der Waals surface area contributed by atoms with Gasteiger partial charge in [-0.25, -0.2) is 14.8 Å². The van der Waals surface area contributed by atoms with Crippen LogP contribution >= 0.6 is 0 Å². The lowest BCUT2D eigenvalue weighted by molar-refractivity contribution is 0.0526. The number of carbonyl (C=O) groups excluding carboxylic acids is 1. The largest absolute Gasteiger partial charge is 0.493 e. The van der Waals surface area contributed by atoms with Gasteiger partial charge in [0.1, 0.15) is 23.0 Å². The second kappa shape index (κ2) is 7.23. The number of esters is 1. The highest BCUT2D eigenvalue weighted by atomic mass is 16.5. The van der Waals surface area contributed by atoms with Gasteiger partial charge in [-0.2, -0.15) is 0 Å². The molecule has 1 aromatic heterocycles. The predicted octanol–water partition coefficient (Wildman–Crippen LogP) is 1.86. The minimum Gasteiger partial charge on any atom is -0.493 e. The van der Waals surface area contributed by atoms with Crippen LogP contribution in [0.3, 0.4) is 0 Å². The van der Waals surface area contributed by atoms with E-state index >= 15 is 0 Å². The summed E-state index contributed by atoms with van der Waals surface area (Å²) in [6.07, 6.45) is 1.89. The highest BCUT2D eigenvalue weighted by Crippen LogP contribution is 2.11. The first-order valence-electron chi connectivity index (χ1n) is 6.67. The smallest absolute Gasteiger partial charge is 0.343 e. The van der Waals surface area contributed by atoms with Crippen molar-refractivity contribution in [2.45, 2.75) is 13.3 Å². The Bertz CT molecular complexity index is 602. The molecule has 0 aliphatic rings. The number of nitrogen functional groups attached to an aromatic ring is 1.